The van der Waals surface area contributed by atoms with Crippen LogP contribution in [0.3, 0.4) is 0 Å². The molecular weight excluding hydrogens is 413 g/mol. The second kappa shape index (κ2) is 4.15. The highest BCUT2D eigenvalue weighted by Crippen LogP contribution is 2.23. The van der Waals surface area contributed by atoms with Crippen molar-refractivity contribution in [2.75, 3.05) is 0 Å². The fourth-order valence-electron chi connectivity index (χ4n) is 0.614. The van der Waals surface area contributed by atoms with Crippen molar-refractivity contribution in [2.45, 2.75) is 6.36 Å². The summed E-state index contributed by atoms with van der Waals surface area (Å²) in [5.74, 6) is -0.427. The molecule has 7 heteroatoms. The van der Waals surface area contributed by atoms with E-state index in [0.717, 1.165) is 0 Å². The van der Waals surface area contributed by atoms with E-state index in [4.69, 9.17) is 0 Å². The number of halogens is 5. The maximum absolute atomic E-state index is 11.7. The first-order valence-corrected chi connectivity index (χ1v) is 5.11. The van der Waals surface area contributed by atoms with Crippen LogP contribution in [0.15, 0.2) is 12.1 Å². The first-order valence-electron chi connectivity index (χ1n) is 2.96. The lowest BCUT2D eigenvalue weighted by Crippen LogP contribution is -2.18. The molecule has 0 radical (unpaired) electrons. The first-order chi connectivity index (χ1) is 5.87. The molecule has 0 spiro atoms. The highest BCUT2D eigenvalue weighted by molar-refractivity contribution is 14.1. The zero-order chi connectivity index (χ0) is 10.1. The monoisotopic (exact) mass is 415 g/mol. The van der Waals surface area contributed by atoms with Gasteiger partial charge in [0, 0.05) is 9.64 Å². The van der Waals surface area contributed by atoms with Crippen LogP contribution in [0.4, 0.5) is 13.2 Å². The Morgan fingerprint density at radius 1 is 1.23 bits per heavy atom. The number of pyridine rings is 1. The predicted molar refractivity (Wildman–Crippen MR) is 56.4 cm³/mol. The van der Waals surface area contributed by atoms with Crippen molar-refractivity contribution < 1.29 is 17.9 Å². The smallest absolute Gasteiger partial charge is 0.388 e. The standard InChI is InChI=1S/C6H2F3I2NO/c7-6(8,9)13-5-2-3(10)1-4(11)12-5/h1-2H. The van der Waals surface area contributed by atoms with E-state index in [0.29, 0.717) is 7.27 Å². The lowest BCUT2D eigenvalue weighted by atomic mass is 10.5. The average molecular weight is 415 g/mol. The molecule has 2 nitrogen and oxygen atoms in total. The molecule has 1 heterocycles. The van der Waals surface area contributed by atoms with Gasteiger partial charge in [-0.25, -0.2) is 4.98 Å². The molecule has 0 aliphatic rings. The molecule has 0 aliphatic heterocycles. The van der Waals surface area contributed by atoms with E-state index in [1.165, 1.54) is 6.07 Å². The quantitative estimate of drug-likeness (QED) is 0.520. The molecule has 0 aromatic carbocycles. The second-order valence-corrected chi connectivity index (χ2v) is 4.35. The summed E-state index contributed by atoms with van der Waals surface area (Å²) in [6.45, 7) is 0. The molecule has 0 amide bonds. The van der Waals surface area contributed by atoms with Crippen LogP contribution in [0, 0.1) is 7.27 Å². The number of rotatable bonds is 1. The van der Waals surface area contributed by atoms with Gasteiger partial charge in [0.15, 0.2) is 0 Å². The molecular formula is C6H2F3I2NO. The minimum absolute atomic E-state index is 0.427. The topological polar surface area (TPSA) is 22.1 Å². The van der Waals surface area contributed by atoms with E-state index in [1.54, 1.807) is 6.07 Å². The third-order valence-electron chi connectivity index (χ3n) is 0.956. The minimum atomic E-state index is -4.68. The third kappa shape index (κ3) is 4.29. The van der Waals surface area contributed by atoms with Crippen LogP contribution in [0.2, 0.25) is 0 Å². The van der Waals surface area contributed by atoms with Crippen LogP contribution >= 0.6 is 45.2 Å². The summed E-state index contributed by atoms with van der Waals surface area (Å²) in [4.78, 5) is 3.56. The Balaban J connectivity index is 2.90. The molecule has 0 saturated carbocycles. The number of nitrogens with zero attached hydrogens (tertiary/aromatic N) is 1. The first kappa shape index (κ1) is 11.3. The fraction of sp³-hybridized carbons (Fsp3) is 0.167. The van der Waals surface area contributed by atoms with Gasteiger partial charge in [0.1, 0.15) is 3.70 Å². The predicted octanol–water partition coefficient (Wildman–Crippen LogP) is 3.19. The summed E-state index contributed by atoms with van der Waals surface area (Å²) >= 11 is 3.71. The van der Waals surface area contributed by atoms with Crippen LogP contribution in [0.25, 0.3) is 0 Å². The Kier molecular flexibility index (Phi) is 3.60. The molecule has 1 aromatic rings. The van der Waals surface area contributed by atoms with Gasteiger partial charge in [-0.05, 0) is 51.2 Å². The maximum Gasteiger partial charge on any atom is 0.574 e. The zero-order valence-electron chi connectivity index (χ0n) is 5.90. The average Bonchev–Trinajstić information content (AvgIpc) is 1.78. The fourth-order valence-corrected chi connectivity index (χ4v) is 2.34. The van der Waals surface area contributed by atoms with E-state index >= 15 is 0 Å². The van der Waals surface area contributed by atoms with Crippen molar-refractivity contribution in [3.8, 4) is 5.88 Å². The number of hydrogen-bond donors (Lipinski definition) is 0. The van der Waals surface area contributed by atoms with Crippen molar-refractivity contribution in [3.05, 3.63) is 19.4 Å². The van der Waals surface area contributed by atoms with E-state index in [-0.39, 0.29) is 0 Å². The van der Waals surface area contributed by atoms with Gasteiger partial charge in [-0.2, -0.15) is 0 Å². The van der Waals surface area contributed by atoms with Crippen molar-refractivity contribution in [1.29, 1.82) is 0 Å². The van der Waals surface area contributed by atoms with E-state index in [2.05, 4.69) is 9.72 Å². The summed E-state index contributed by atoms with van der Waals surface area (Å²) in [7, 11) is 0. The van der Waals surface area contributed by atoms with Crippen molar-refractivity contribution in [1.82, 2.24) is 4.98 Å². The number of hydrogen-bond acceptors (Lipinski definition) is 2. The largest absolute Gasteiger partial charge is 0.574 e. The van der Waals surface area contributed by atoms with Gasteiger partial charge >= 0.3 is 6.36 Å². The van der Waals surface area contributed by atoms with Gasteiger partial charge in [-0.3, -0.25) is 0 Å². The molecule has 0 unspecified atom stereocenters. The van der Waals surface area contributed by atoms with Crippen LogP contribution in [0.1, 0.15) is 0 Å². The zero-order valence-corrected chi connectivity index (χ0v) is 10.2. The van der Waals surface area contributed by atoms with Crippen molar-refractivity contribution >= 4 is 45.2 Å². The Morgan fingerprint density at radius 3 is 2.31 bits per heavy atom. The van der Waals surface area contributed by atoms with E-state index in [9.17, 15) is 13.2 Å². The third-order valence-corrected chi connectivity index (χ3v) is 2.13. The molecule has 72 valence electrons. The normalized spacial score (nSPS) is 11.5. The summed E-state index contributed by atoms with van der Waals surface area (Å²) in [5, 5.41) is 0. The lowest BCUT2D eigenvalue weighted by Gasteiger charge is -2.07. The Labute approximate surface area is 99.1 Å². The van der Waals surface area contributed by atoms with Crippen LogP contribution < -0.4 is 4.74 Å². The van der Waals surface area contributed by atoms with Crippen LogP contribution in [-0.4, -0.2) is 11.3 Å². The van der Waals surface area contributed by atoms with Crippen molar-refractivity contribution in [3.63, 3.8) is 0 Å². The van der Waals surface area contributed by atoms with Gasteiger partial charge in [-0.1, -0.05) is 0 Å². The summed E-state index contributed by atoms with van der Waals surface area (Å²) in [6.07, 6.45) is -4.68. The van der Waals surface area contributed by atoms with Gasteiger partial charge in [0.05, 0.1) is 0 Å². The molecule has 0 atom stereocenters. The van der Waals surface area contributed by atoms with Gasteiger partial charge < -0.3 is 4.74 Å². The molecule has 0 bridgehead atoms. The molecule has 0 fully saturated rings. The lowest BCUT2D eigenvalue weighted by molar-refractivity contribution is -0.276. The van der Waals surface area contributed by atoms with Crippen LogP contribution in [-0.2, 0) is 0 Å². The van der Waals surface area contributed by atoms with Gasteiger partial charge in [0.2, 0.25) is 5.88 Å². The van der Waals surface area contributed by atoms with E-state index in [1.807, 2.05) is 45.2 Å². The van der Waals surface area contributed by atoms with E-state index < -0.39 is 12.2 Å². The van der Waals surface area contributed by atoms with Crippen LogP contribution in [0.5, 0.6) is 5.88 Å². The summed E-state index contributed by atoms with van der Waals surface area (Å²) in [6, 6.07) is 2.86. The Hall–Kier alpha value is 0.200. The van der Waals surface area contributed by atoms with Gasteiger partial charge in [-0.15, -0.1) is 13.2 Å². The molecule has 1 rings (SSSR count). The summed E-state index contributed by atoms with van der Waals surface area (Å²) in [5.41, 5.74) is 0. The van der Waals surface area contributed by atoms with Gasteiger partial charge in [0.25, 0.3) is 0 Å². The Morgan fingerprint density at radius 2 is 1.85 bits per heavy atom. The highest BCUT2D eigenvalue weighted by atomic mass is 127. The minimum Gasteiger partial charge on any atom is -0.388 e. The Bertz CT molecular complexity index is 295. The highest BCUT2D eigenvalue weighted by Gasteiger charge is 2.31. The molecule has 0 saturated heterocycles. The molecule has 0 N–H and O–H groups in total. The molecule has 0 aliphatic carbocycles. The summed E-state index contributed by atoms with van der Waals surface area (Å²) < 4.78 is 40.0. The van der Waals surface area contributed by atoms with Crippen molar-refractivity contribution in [2.24, 2.45) is 0 Å². The number of alkyl halides is 3. The number of aromatic nitrogens is 1. The maximum atomic E-state index is 11.7. The SMILES string of the molecule is FC(F)(F)Oc1cc(I)cc(I)n1. The second-order valence-electron chi connectivity index (χ2n) is 1.99. The number of ether oxygens (including phenoxy) is 1. The molecule has 13 heavy (non-hydrogen) atoms. The molecule has 1 aromatic heterocycles.